The molecule has 8 heteroatoms. The topological polar surface area (TPSA) is 94.3 Å². The Morgan fingerprint density at radius 1 is 1.00 bits per heavy atom. The molecule has 3 N–H and O–H groups in total. The number of carbonyl (C=O) groups is 1. The number of hydrogen-bond donors (Lipinski definition) is 3. The van der Waals surface area contributed by atoms with Crippen LogP contribution in [0.5, 0.6) is 0 Å². The van der Waals surface area contributed by atoms with Crippen LogP contribution in [0.3, 0.4) is 0 Å². The van der Waals surface area contributed by atoms with Crippen LogP contribution >= 0.6 is 0 Å². The second-order valence-electron chi connectivity index (χ2n) is 7.37. The molecular weight excluding hydrogens is 412 g/mol. The van der Waals surface area contributed by atoms with Crippen molar-refractivity contribution in [2.75, 3.05) is 19.6 Å². The van der Waals surface area contributed by atoms with Crippen LogP contribution in [-0.4, -0.2) is 43.4 Å². The van der Waals surface area contributed by atoms with Crippen molar-refractivity contribution in [3.63, 3.8) is 0 Å². The zero-order valence-electron chi connectivity index (χ0n) is 18.2. The van der Waals surface area contributed by atoms with Crippen molar-refractivity contribution in [1.82, 2.24) is 19.9 Å². The number of nitrogens with zero attached hydrogens (tertiary/aromatic N) is 1. The summed E-state index contributed by atoms with van der Waals surface area (Å²) in [4.78, 5) is 15.8. The lowest BCUT2D eigenvalue weighted by Gasteiger charge is -2.18. The number of sulfonamides is 1. The summed E-state index contributed by atoms with van der Waals surface area (Å²) in [6.45, 7) is 7.38. The van der Waals surface area contributed by atoms with Gasteiger partial charge in [0.05, 0.1) is 4.90 Å². The molecule has 0 saturated heterocycles. The first kappa shape index (κ1) is 22.8. The Hall–Kier alpha value is -2.84. The van der Waals surface area contributed by atoms with Crippen molar-refractivity contribution in [3.8, 4) is 0 Å². The van der Waals surface area contributed by atoms with Gasteiger partial charge in [0.25, 0.3) is 0 Å². The zero-order valence-corrected chi connectivity index (χ0v) is 19.1. The molecule has 0 radical (unpaired) electrons. The van der Waals surface area contributed by atoms with Gasteiger partial charge in [-0.2, -0.15) is 4.31 Å². The molecule has 166 valence electrons. The third-order valence-corrected chi connectivity index (χ3v) is 7.47. The molecule has 0 bridgehead atoms. The normalized spacial score (nSPS) is 11.7. The maximum absolute atomic E-state index is 12.5. The largest absolute Gasteiger partial charge is 0.358 e. The van der Waals surface area contributed by atoms with Gasteiger partial charge in [0.15, 0.2) is 0 Å². The van der Waals surface area contributed by atoms with Gasteiger partial charge in [-0.3, -0.25) is 0 Å². The predicted molar refractivity (Wildman–Crippen MR) is 124 cm³/mol. The number of nitrogens with one attached hydrogen (secondary N) is 3. The summed E-state index contributed by atoms with van der Waals surface area (Å²) in [6, 6.07) is 14.5. The Morgan fingerprint density at radius 2 is 1.68 bits per heavy atom. The van der Waals surface area contributed by atoms with E-state index in [-0.39, 0.29) is 10.9 Å². The fourth-order valence-corrected chi connectivity index (χ4v) is 5.15. The minimum Gasteiger partial charge on any atom is -0.358 e. The van der Waals surface area contributed by atoms with E-state index in [0.29, 0.717) is 26.2 Å². The van der Waals surface area contributed by atoms with Gasteiger partial charge >= 0.3 is 6.03 Å². The lowest BCUT2D eigenvalue weighted by atomic mass is 10.1. The van der Waals surface area contributed by atoms with Gasteiger partial charge in [-0.15, -0.1) is 0 Å². The number of urea groups is 1. The molecule has 0 aliphatic rings. The number of aromatic nitrogens is 1. The fraction of sp³-hybridized carbons (Fsp3) is 0.348. The van der Waals surface area contributed by atoms with Crippen LogP contribution in [-0.2, 0) is 23.0 Å². The molecule has 0 fully saturated rings. The average Bonchev–Trinajstić information content (AvgIpc) is 3.08. The number of benzene rings is 2. The van der Waals surface area contributed by atoms with E-state index in [4.69, 9.17) is 0 Å². The maximum Gasteiger partial charge on any atom is 0.315 e. The number of aryl methyl sites for hydroxylation is 1. The minimum absolute atomic E-state index is 0.252. The SMILES string of the molecule is CCN(CC)S(=O)(=O)c1ccc(CNC(=O)NCCc2c(C)[nH]c3ccccc23)cc1. The van der Waals surface area contributed by atoms with Crippen molar-refractivity contribution in [2.24, 2.45) is 0 Å². The second kappa shape index (κ2) is 9.98. The number of carbonyl (C=O) groups excluding carboxylic acids is 1. The van der Waals surface area contributed by atoms with Crippen LogP contribution in [0.2, 0.25) is 0 Å². The summed E-state index contributed by atoms with van der Waals surface area (Å²) in [5, 5.41) is 6.88. The molecular formula is C23H30N4O3S. The van der Waals surface area contributed by atoms with E-state index >= 15 is 0 Å². The van der Waals surface area contributed by atoms with E-state index in [9.17, 15) is 13.2 Å². The summed E-state index contributed by atoms with van der Waals surface area (Å²) < 4.78 is 26.5. The number of fused-ring (bicyclic) bond motifs is 1. The molecule has 3 rings (SSSR count). The molecule has 1 aromatic heterocycles. The second-order valence-corrected chi connectivity index (χ2v) is 9.30. The van der Waals surface area contributed by atoms with Crippen molar-refractivity contribution >= 4 is 27.0 Å². The van der Waals surface area contributed by atoms with Gasteiger partial charge in [-0.25, -0.2) is 13.2 Å². The molecule has 2 amide bonds. The first-order valence-electron chi connectivity index (χ1n) is 10.5. The highest BCUT2D eigenvalue weighted by Crippen LogP contribution is 2.22. The van der Waals surface area contributed by atoms with E-state index in [1.54, 1.807) is 24.3 Å². The Balaban J connectivity index is 1.50. The van der Waals surface area contributed by atoms with Crippen LogP contribution in [0, 0.1) is 6.92 Å². The van der Waals surface area contributed by atoms with Gasteiger partial charge < -0.3 is 15.6 Å². The quantitative estimate of drug-likeness (QED) is 0.473. The number of para-hydroxylation sites is 1. The number of rotatable bonds is 9. The first-order chi connectivity index (χ1) is 14.9. The van der Waals surface area contributed by atoms with E-state index in [2.05, 4.69) is 21.7 Å². The van der Waals surface area contributed by atoms with Gasteiger partial charge in [0.2, 0.25) is 10.0 Å². The highest BCUT2D eigenvalue weighted by Gasteiger charge is 2.21. The van der Waals surface area contributed by atoms with Crippen molar-refractivity contribution in [2.45, 2.75) is 38.6 Å². The fourth-order valence-electron chi connectivity index (χ4n) is 3.69. The Labute approximate surface area is 183 Å². The summed E-state index contributed by atoms with van der Waals surface area (Å²) >= 11 is 0. The molecule has 7 nitrogen and oxygen atoms in total. The molecule has 31 heavy (non-hydrogen) atoms. The van der Waals surface area contributed by atoms with Crippen LogP contribution < -0.4 is 10.6 Å². The third-order valence-electron chi connectivity index (χ3n) is 5.41. The number of aromatic amines is 1. The highest BCUT2D eigenvalue weighted by molar-refractivity contribution is 7.89. The monoisotopic (exact) mass is 442 g/mol. The maximum atomic E-state index is 12.5. The molecule has 0 atom stereocenters. The van der Waals surface area contributed by atoms with Crippen molar-refractivity contribution in [1.29, 1.82) is 0 Å². The predicted octanol–water partition coefficient (Wildman–Crippen LogP) is 3.55. The van der Waals surface area contributed by atoms with Gasteiger partial charge in [0, 0.05) is 42.8 Å². The van der Waals surface area contributed by atoms with Crippen molar-refractivity contribution < 1.29 is 13.2 Å². The van der Waals surface area contributed by atoms with Crippen LogP contribution in [0.1, 0.15) is 30.7 Å². The average molecular weight is 443 g/mol. The molecule has 0 spiro atoms. The summed E-state index contributed by atoms with van der Waals surface area (Å²) in [7, 11) is -3.47. The lowest BCUT2D eigenvalue weighted by Crippen LogP contribution is -2.36. The summed E-state index contributed by atoms with van der Waals surface area (Å²) in [5.41, 5.74) is 4.26. The molecule has 0 saturated carbocycles. The smallest absolute Gasteiger partial charge is 0.315 e. The molecule has 3 aromatic rings. The molecule has 0 aliphatic heterocycles. The van der Waals surface area contributed by atoms with E-state index in [0.717, 1.165) is 23.2 Å². The van der Waals surface area contributed by atoms with E-state index in [1.807, 2.05) is 39.0 Å². The number of hydrogen-bond acceptors (Lipinski definition) is 3. The highest BCUT2D eigenvalue weighted by atomic mass is 32.2. The summed E-state index contributed by atoms with van der Waals surface area (Å²) in [5.74, 6) is 0. The van der Waals surface area contributed by atoms with Crippen LogP contribution in [0.4, 0.5) is 4.79 Å². The lowest BCUT2D eigenvalue weighted by molar-refractivity contribution is 0.240. The molecule has 0 aliphatic carbocycles. The molecule has 0 unspecified atom stereocenters. The Kier molecular flexibility index (Phi) is 7.35. The summed E-state index contributed by atoms with van der Waals surface area (Å²) in [6.07, 6.45) is 0.737. The minimum atomic E-state index is -3.47. The Bertz CT molecular complexity index is 1130. The van der Waals surface area contributed by atoms with Gasteiger partial charge in [-0.05, 0) is 42.7 Å². The standard InChI is InChI=1S/C23H30N4O3S/c1-4-27(5-2)31(29,30)19-12-10-18(11-13-19)16-25-23(28)24-15-14-20-17(3)26-22-9-7-6-8-21(20)22/h6-13,26H,4-5,14-16H2,1-3H3,(H2,24,25,28). The number of H-pyrrole nitrogens is 1. The Morgan fingerprint density at radius 3 is 2.35 bits per heavy atom. The zero-order chi connectivity index (χ0) is 22.4. The third kappa shape index (κ3) is 5.26. The van der Waals surface area contributed by atoms with Gasteiger partial charge in [0.1, 0.15) is 0 Å². The first-order valence-corrected chi connectivity index (χ1v) is 12.0. The van der Waals surface area contributed by atoms with Crippen LogP contribution in [0.25, 0.3) is 10.9 Å². The van der Waals surface area contributed by atoms with E-state index in [1.165, 1.54) is 15.3 Å². The van der Waals surface area contributed by atoms with E-state index < -0.39 is 10.0 Å². The number of amides is 2. The molecule has 2 aromatic carbocycles. The van der Waals surface area contributed by atoms with Gasteiger partial charge in [-0.1, -0.05) is 44.2 Å². The van der Waals surface area contributed by atoms with Crippen molar-refractivity contribution in [3.05, 3.63) is 65.4 Å². The van der Waals surface area contributed by atoms with Crippen LogP contribution in [0.15, 0.2) is 53.4 Å². The molecule has 1 heterocycles.